The summed E-state index contributed by atoms with van der Waals surface area (Å²) in [7, 11) is 0. The molecule has 1 amide bonds. The van der Waals surface area contributed by atoms with E-state index in [4.69, 9.17) is 4.74 Å². The SMILES string of the molecule is O=C(OCc1ccccc1)N(CC1CCCN1CCO)C1CC1. The van der Waals surface area contributed by atoms with E-state index in [0.717, 1.165) is 44.3 Å². The van der Waals surface area contributed by atoms with Gasteiger partial charge in [-0.15, -0.1) is 0 Å². The minimum atomic E-state index is -0.202. The molecular weight excluding hydrogens is 292 g/mol. The molecule has 3 rings (SSSR count). The molecule has 2 aliphatic rings. The minimum Gasteiger partial charge on any atom is -0.445 e. The van der Waals surface area contributed by atoms with Gasteiger partial charge in [-0.05, 0) is 37.8 Å². The molecule has 0 radical (unpaired) electrons. The van der Waals surface area contributed by atoms with E-state index in [1.165, 1.54) is 0 Å². The Bertz CT molecular complexity index is 504. The number of amides is 1. The number of carbonyl (C=O) groups excluding carboxylic acids is 1. The van der Waals surface area contributed by atoms with Gasteiger partial charge in [-0.25, -0.2) is 4.79 Å². The minimum absolute atomic E-state index is 0.179. The van der Waals surface area contributed by atoms with Crippen LogP contribution in [0.25, 0.3) is 0 Å². The van der Waals surface area contributed by atoms with Crippen LogP contribution >= 0.6 is 0 Å². The van der Waals surface area contributed by atoms with Crippen molar-refractivity contribution >= 4 is 6.09 Å². The number of hydrogen-bond acceptors (Lipinski definition) is 4. The summed E-state index contributed by atoms with van der Waals surface area (Å²) in [6, 6.07) is 10.5. The summed E-state index contributed by atoms with van der Waals surface area (Å²) >= 11 is 0. The topological polar surface area (TPSA) is 53.0 Å². The third kappa shape index (κ3) is 4.45. The van der Waals surface area contributed by atoms with Crippen molar-refractivity contribution in [2.24, 2.45) is 0 Å². The number of nitrogens with zero attached hydrogens (tertiary/aromatic N) is 2. The smallest absolute Gasteiger partial charge is 0.410 e. The van der Waals surface area contributed by atoms with Gasteiger partial charge in [0.2, 0.25) is 0 Å². The van der Waals surface area contributed by atoms with Gasteiger partial charge in [0.15, 0.2) is 0 Å². The predicted octanol–water partition coefficient (Wildman–Crippen LogP) is 2.24. The summed E-state index contributed by atoms with van der Waals surface area (Å²) in [5.41, 5.74) is 1.01. The van der Waals surface area contributed by atoms with Crippen LogP contribution in [0.2, 0.25) is 0 Å². The van der Waals surface area contributed by atoms with Crippen LogP contribution in [0.1, 0.15) is 31.2 Å². The standard InChI is InChI=1S/C18H26N2O3/c21-12-11-19-10-4-7-17(19)13-20(16-8-9-16)18(22)23-14-15-5-2-1-3-6-15/h1-3,5-6,16-17,21H,4,7-14H2. The molecule has 5 heteroatoms. The molecule has 1 N–H and O–H groups in total. The highest BCUT2D eigenvalue weighted by atomic mass is 16.6. The molecule has 1 aromatic rings. The quantitative estimate of drug-likeness (QED) is 0.838. The normalized spacial score (nSPS) is 21.3. The molecule has 126 valence electrons. The fourth-order valence-corrected chi connectivity index (χ4v) is 3.31. The molecule has 23 heavy (non-hydrogen) atoms. The Morgan fingerprint density at radius 2 is 2.04 bits per heavy atom. The Hall–Kier alpha value is -1.59. The molecule has 0 aromatic heterocycles. The first-order chi connectivity index (χ1) is 11.3. The number of hydrogen-bond donors (Lipinski definition) is 1. The highest BCUT2D eigenvalue weighted by Crippen LogP contribution is 2.29. The maximum Gasteiger partial charge on any atom is 0.410 e. The Balaban J connectivity index is 1.54. The molecule has 1 saturated carbocycles. The monoisotopic (exact) mass is 318 g/mol. The number of benzene rings is 1. The van der Waals surface area contributed by atoms with Gasteiger partial charge in [0.1, 0.15) is 6.61 Å². The van der Waals surface area contributed by atoms with Gasteiger partial charge in [-0.3, -0.25) is 4.90 Å². The predicted molar refractivity (Wildman–Crippen MR) is 88.0 cm³/mol. The zero-order valence-corrected chi connectivity index (χ0v) is 13.6. The van der Waals surface area contributed by atoms with Crippen molar-refractivity contribution in [1.29, 1.82) is 0 Å². The molecule has 0 bridgehead atoms. The van der Waals surface area contributed by atoms with Crippen molar-refractivity contribution in [3.8, 4) is 0 Å². The van der Waals surface area contributed by atoms with E-state index in [2.05, 4.69) is 4.90 Å². The third-order valence-electron chi connectivity index (χ3n) is 4.72. The number of aliphatic hydroxyl groups is 1. The number of carbonyl (C=O) groups is 1. The van der Waals surface area contributed by atoms with Gasteiger partial charge in [-0.1, -0.05) is 30.3 Å². The van der Waals surface area contributed by atoms with Gasteiger partial charge in [-0.2, -0.15) is 0 Å². The van der Waals surface area contributed by atoms with Crippen LogP contribution in [0, 0.1) is 0 Å². The summed E-state index contributed by atoms with van der Waals surface area (Å²) in [5, 5.41) is 9.17. The first-order valence-corrected chi connectivity index (χ1v) is 8.60. The first kappa shape index (κ1) is 16.3. The molecule has 1 unspecified atom stereocenters. The average Bonchev–Trinajstić information content (AvgIpc) is 3.33. The van der Waals surface area contributed by atoms with Crippen LogP contribution in [0.5, 0.6) is 0 Å². The van der Waals surface area contributed by atoms with E-state index in [1.54, 1.807) is 0 Å². The lowest BCUT2D eigenvalue weighted by atomic mass is 10.2. The molecule has 1 aromatic carbocycles. The first-order valence-electron chi connectivity index (χ1n) is 8.60. The summed E-state index contributed by atoms with van der Waals surface area (Å²) in [6.07, 6.45) is 4.18. The van der Waals surface area contributed by atoms with Crippen molar-refractivity contribution in [2.75, 3.05) is 26.2 Å². The fraction of sp³-hybridized carbons (Fsp3) is 0.611. The van der Waals surface area contributed by atoms with E-state index in [-0.39, 0.29) is 12.7 Å². The van der Waals surface area contributed by atoms with Crippen molar-refractivity contribution < 1.29 is 14.6 Å². The zero-order valence-electron chi connectivity index (χ0n) is 13.6. The van der Waals surface area contributed by atoms with Crippen LogP contribution in [0.15, 0.2) is 30.3 Å². The number of likely N-dealkylation sites (tertiary alicyclic amines) is 1. The van der Waals surface area contributed by atoms with E-state index in [9.17, 15) is 9.90 Å². The Morgan fingerprint density at radius 1 is 1.26 bits per heavy atom. The summed E-state index contributed by atoms with van der Waals surface area (Å²) in [5.74, 6) is 0. The lowest BCUT2D eigenvalue weighted by Gasteiger charge is -2.30. The van der Waals surface area contributed by atoms with Crippen molar-refractivity contribution in [1.82, 2.24) is 9.80 Å². The average molecular weight is 318 g/mol. The zero-order chi connectivity index (χ0) is 16.1. The fourth-order valence-electron chi connectivity index (χ4n) is 3.31. The second kappa shape index (κ2) is 7.79. The Kier molecular flexibility index (Phi) is 5.51. The molecule has 1 saturated heterocycles. The lowest BCUT2D eigenvalue weighted by Crippen LogP contribution is -2.45. The van der Waals surface area contributed by atoms with Gasteiger partial charge in [0, 0.05) is 25.2 Å². The van der Waals surface area contributed by atoms with Crippen molar-refractivity contribution in [3.63, 3.8) is 0 Å². The van der Waals surface area contributed by atoms with E-state index in [0.29, 0.717) is 25.2 Å². The number of β-amino-alcohol motifs (C(OH)–C–C–N with tert-alkyl or cyclic N) is 1. The largest absolute Gasteiger partial charge is 0.445 e. The number of rotatable bonds is 7. The molecule has 2 fully saturated rings. The van der Waals surface area contributed by atoms with E-state index in [1.807, 2.05) is 35.2 Å². The Labute approximate surface area is 137 Å². The third-order valence-corrected chi connectivity index (χ3v) is 4.72. The molecule has 1 aliphatic carbocycles. The van der Waals surface area contributed by atoms with Crippen LogP contribution in [0.3, 0.4) is 0 Å². The summed E-state index contributed by atoms with van der Waals surface area (Å²) in [4.78, 5) is 16.7. The molecule has 1 atom stereocenters. The van der Waals surface area contributed by atoms with Gasteiger partial charge in [0.25, 0.3) is 0 Å². The molecule has 1 heterocycles. The van der Waals surface area contributed by atoms with E-state index >= 15 is 0 Å². The van der Waals surface area contributed by atoms with Crippen molar-refractivity contribution in [3.05, 3.63) is 35.9 Å². The molecular formula is C18H26N2O3. The van der Waals surface area contributed by atoms with Crippen LogP contribution < -0.4 is 0 Å². The van der Waals surface area contributed by atoms with Gasteiger partial charge in [0.05, 0.1) is 6.61 Å². The second-order valence-corrected chi connectivity index (χ2v) is 6.48. The maximum absolute atomic E-state index is 12.5. The van der Waals surface area contributed by atoms with Crippen LogP contribution in [-0.4, -0.2) is 59.3 Å². The van der Waals surface area contributed by atoms with E-state index < -0.39 is 0 Å². The Morgan fingerprint density at radius 3 is 2.74 bits per heavy atom. The van der Waals surface area contributed by atoms with Gasteiger partial charge >= 0.3 is 6.09 Å². The second-order valence-electron chi connectivity index (χ2n) is 6.48. The number of ether oxygens (including phenoxy) is 1. The lowest BCUT2D eigenvalue weighted by molar-refractivity contribution is 0.0795. The highest BCUT2D eigenvalue weighted by Gasteiger charge is 2.37. The summed E-state index contributed by atoms with van der Waals surface area (Å²) < 4.78 is 5.52. The van der Waals surface area contributed by atoms with Crippen LogP contribution in [-0.2, 0) is 11.3 Å². The highest BCUT2D eigenvalue weighted by molar-refractivity contribution is 5.68. The molecule has 1 aliphatic heterocycles. The van der Waals surface area contributed by atoms with Gasteiger partial charge < -0.3 is 14.7 Å². The maximum atomic E-state index is 12.5. The van der Waals surface area contributed by atoms with Crippen molar-refractivity contribution in [2.45, 2.75) is 44.4 Å². The van der Waals surface area contributed by atoms with Crippen LogP contribution in [0.4, 0.5) is 4.79 Å². The number of aliphatic hydroxyl groups excluding tert-OH is 1. The molecule has 0 spiro atoms. The molecule has 5 nitrogen and oxygen atoms in total. The summed E-state index contributed by atoms with van der Waals surface area (Å²) in [6.45, 7) is 2.94.